The van der Waals surface area contributed by atoms with Crippen LogP contribution in [0.15, 0.2) is 60.9 Å². The third-order valence-corrected chi connectivity index (χ3v) is 5.53. The number of nitrogens with one attached hydrogen (secondary N) is 1. The Balaban J connectivity index is 1.31. The van der Waals surface area contributed by atoms with E-state index in [0.29, 0.717) is 23.8 Å². The average Bonchev–Trinajstić information content (AvgIpc) is 3.46. The molecule has 0 unspecified atom stereocenters. The second-order valence-corrected chi connectivity index (χ2v) is 7.36. The molecule has 2 aromatic heterocycles. The van der Waals surface area contributed by atoms with Crippen LogP contribution in [0.5, 0.6) is 11.5 Å². The second kappa shape index (κ2) is 7.36. The van der Waals surface area contributed by atoms with Crippen molar-refractivity contribution in [2.45, 2.75) is 0 Å². The molecule has 4 aromatic rings. The fourth-order valence-electron chi connectivity index (χ4n) is 2.98. The van der Waals surface area contributed by atoms with Crippen LogP contribution in [0, 0.1) is 0 Å². The number of benzene rings is 2. The smallest absolute Gasteiger partial charge is 0.265 e. The predicted molar refractivity (Wildman–Crippen MR) is 108 cm³/mol. The molecule has 1 aliphatic rings. The molecule has 2 aromatic carbocycles. The van der Waals surface area contributed by atoms with Crippen LogP contribution >= 0.6 is 11.3 Å². The van der Waals surface area contributed by atoms with E-state index in [1.54, 1.807) is 4.68 Å². The monoisotopic (exact) mass is 405 g/mol. The number of amides is 1. The van der Waals surface area contributed by atoms with Crippen molar-refractivity contribution in [1.82, 2.24) is 20.2 Å². The van der Waals surface area contributed by atoms with E-state index in [9.17, 15) is 4.79 Å². The van der Waals surface area contributed by atoms with Crippen LogP contribution in [0.3, 0.4) is 0 Å². The number of carbonyl (C=O) groups is 1. The van der Waals surface area contributed by atoms with Crippen LogP contribution in [-0.4, -0.2) is 39.3 Å². The van der Waals surface area contributed by atoms with E-state index in [-0.39, 0.29) is 5.91 Å². The van der Waals surface area contributed by atoms with Gasteiger partial charge in [0.1, 0.15) is 19.5 Å². The van der Waals surface area contributed by atoms with Gasteiger partial charge in [0.2, 0.25) is 0 Å². The first-order valence-corrected chi connectivity index (χ1v) is 9.72. The van der Waals surface area contributed by atoms with Gasteiger partial charge in [0, 0.05) is 10.6 Å². The molecule has 0 fully saturated rings. The molecule has 0 bridgehead atoms. The number of anilines is 1. The standard InChI is InChI=1S/C20H15N5O3S/c26-20(22-14-2-4-15(5-3-14)25-12-21-23-24-25)19-8-7-18(29-19)13-1-6-16-17(11-13)28-10-9-27-16/h1-8,11-12H,9-10H2,(H,22,26). The van der Waals surface area contributed by atoms with Crippen LogP contribution in [0.4, 0.5) is 5.69 Å². The molecule has 0 spiro atoms. The molecule has 29 heavy (non-hydrogen) atoms. The lowest BCUT2D eigenvalue weighted by atomic mass is 10.1. The highest BCUT2D eigenvalue weighted by Gasteiger charge is 2.15. The highest BCUT2D eigenvalue weighted by Crippen LogP contribution is 2.37. The molecule has 144 valence electrons. The van der Waals surface area contributed by atoms with E-state index in [4.69, 9.17) is 9.47 Å². The molecule has 1 aliphatic heterocycles. The number of hydrogen-bond acceptors (Lipinski definition) is 7. The molecule has 1 N–H and O–H groups in total. The Morgan fingerprint density at radius 3 is 2.62 bits per heavy atom. The molecule has 0 saturated heterocycles. The third kappa shape index (κ3) is 3.55. The van der Waals surface area contributed by atoms with Gasteiger partial charge in [-0.15, -0.1) is 16.4 Å². The fraction of sp³-hybridized carbons (Fsp3) is 0.100. The minimum atomic E-state index is -0.158. The molecular formula is C20H15N5O3S. The van der Waals surface area contributed by atoms with E-state index in [1.807, 2.05) is 54.6 Å². The Morgan fingerprint density at radius 1 is 1.00 bits per heavy atom. The van der Waals surface area contributed by atoms with Gasteiger partial charge in [-0.3, -0.25) is 4.79 Å². The lowest BCUT2D eigenvalue weighted by Gasteiger charge is -2.18. The quantitative estimate of drug-likeness (QED) is 0.559. The van der Waals surface area contributed by atoms with Crippen LogP contribution in [0.2, 0.25) is 0 Å². The molecule has 0 atom stereocenters. The van der Waals surface area contributed by atoms with Crippen molar-refractivity contribution in [3.05, 3.63) is 65.8 Å². The summed E-state index contributed by atoms with van der Waals surface area (Å²) in [7, 11) is 0. The van der Waals surface area contributed by atoms with Crippen LogP contribution in [-0.2, 0) is 0 Å². The first kappa shape index (κ1) is 17.4. The van der Waals surface area contributed by atoms with E-state index < -0.39 is 0 Å². The van der Waals surface area contributed by atoms with Crippen molar-refractivity contribution in [3.8, 4) is 27.6 Å². The molecule has 9 heteroatoms. The van der Waals surface area contributed by atoms with Crippen molar-refractivity contribution in [1.29, 1.82) is 0 Å². The zero-order valence-corrected chi connectivity index (χ0v) is 15.9. The van der Waals surface area contributed by atoms with Gasteiger partial charge in [-0.05, 0) is 70.6 Å². The number of tetrazole rings is 1. The summed E-state index contributed by atoms with van der Waals surface area (Å²) < 4.78 is 12.7. The van der Waals surface area contributed by atoms with Gasteiger partial charge in [-0.1, -0.05) is 0 Å². The lowest BCUT2D eigenvalue weighted by molar-refractivity contribution is 0.103. The molecule has 8 nitrogen and oxygen atoms in total. The van der Waals surface area contributed by atoms with Gasteiger partial charge < -0.3 is 14.8 Å². The van der Waals surface area contributed by atoms with Crippen molar-refractivity contribution < 1.29 is 14.3 Å². The molecule has 5 rings (SSSR count). The molecule has 0 aliphatic carbocycles. The summed E-state index contributed by atoms with van der Waals surface area (Å²) in [4.78, 5) is 14.2. The molecule has 1 amide bonds. The summed E-state index contributed by atoms with van der Waals surface area (Å²) in [6.07, 6.45) is 1.51. The average molecular weight is 405 g/mol. The summed E-state index contributed by atoms with van der Waals surface area (Å²) in [6.45, 7) is 1.10. The Kier molecular flexibility index (Phi) is 4.41. The summed E-state index contributed by atoms with van der Waals surface area (Å²) in [6, 6.07) is 16.9. The van der Waals surface area contributed by atoms with Gasteiger partial charge in [0.15, 0.2) is 11.5 Å². The van der Waals surface area contributed by atoms with Crippen molar-refractivity contribution in [2.75, 3.05) is 18.5 Å². The Labute approximate surface area is 169 Å². The topological polar surface area (TPSA) is 91.2 Å². The first-order chi connectivity index (χ1) is 14.3. The largest absolute Gasteiger partial charge is 0.486 e. The van der Waals surface area contributed by atoms with Gasteiger partial charge in [-0.25, -0.2) is 4.68 Å². The number of ether oxygens (including phenoxy) is 2. The summed E-state index contributed by atoms with van der Waals surface area (Å²) in [5.41, 5.74) is 2.50. The van der Waals surface area contributed by atoms with Gasteiger partial charge in [0.05, 0.1) is 10.6 Å². The number of aromatic nitrogens is 4. The minimum absolute atomic E-state index is 0.158. The maximum Gasteiger partial charge on any atom is 0.265 e. The summed E-state index contributed by atoms with van der Waals surface area (Å²) >= 11 is 1.43. The maximum atomic E-state index is 12.6. The number of carbonyl (C=O) groups excluding carboxylic acids is 1. The van der Waals surface area contributed by atoms with E-state index in [0.717, 1.165) is 27.6 Å². The van der Waals surface area contributed by atoms with Gasteiger partial charge in [0.25, 0.3) is 5.91 Å². The lowest BCUT2D eigenvalue weighted by Crippen LogP contribution is -2.15. The Morgan fingerprint density at radius 2 is 1.83 bits per heavy atom. The molecular weight excluding hydrogens is 390 g/mol. The number of fused-ring (bicyclic) bond motifs is 1. The van der Waals surface area contributed by atoms with Crippen molar-refractivity contribution in [3.63, 3.8) is 0 Å². The first-order valence-electron chi connectivity index (χ1n) is 8.91. The van der Waals surface area contributed by atoms with Crippen LogP contribution in [0.25, 0.3) is 16.1 Å². The van der Waals surface area contributed by atoms with Crippen molar-refractivity contribution in [2.24, 2.45) is 0 Å². The van der Waals surface area contributed by atoms with Crippen LogP contribution < -0.4 is 14.8 Å². The highest BCUT2D eigenvalue weighted by molar-refractivity contribution is 7.17. The molecule has 0 saturated carbocycles. The summed E-state index contributed by atoms with van der Waals surface area (Å²) in [5, 5.41) is 14.0. The highest BCUT2D eigenvalue weighted by atomic mass is 32.1. The Hall–Kier alpha value is -3.72. The zero-order chi connectivity index (χ0) is 19.6. The number of rotatable bonds is 4. The Bertz CT molecular complexity index is 1160. The summed E-state index contributed by atoms with van der Waals surface area (Å²) in [5.74, 6) is 1.32. The maximum absolute atomic E-state index is 12.6. The number of hydrogen-bond donors (Lipinski definition) is 1. The van der Waals surface area contributed by atoms with E-state index in [2.05, 4.69) is 20.8 Å². The second-order valence-electron chi connectivity index (χ2n) is 6.28. The SMILES string of the molecule is O=C(Nc1ccc(-n2cnnn2)cc1)c1ccc(-c2ccc3c(c2)OCCO3)s1. The van der Waals surface area contributed by atoms with E-state index in [1.165, 1.54) is 17.7 Å². The third-order valence-electron chi connectivity index (χ3n) is 4.40. The van der Waals surface area contributed by atoms with Gasteiger partial charge in [-0.2, -0.15) is 0 Å². The van der Waals surface area contributed by atoms with Gasteiger partial charge >= 0.3 is 0 Å². The molecule has 3 heterocycles. The van der Waals surface area contributed by atoms with E-state index >= 15 is 0 Å². The minimum Gasteiger partial charge on any atom is -0.486 e. The van der Waals surface area contributed by atoms with Crippen molar-refractivity contribution >= 4 is 22.9 Å². The fourth-order valence-corrected chi connectivity index (χ4v) is 3.88. The normalized spacial score (nSPS) is 12.6. The van der Waals surface area contributed by atoms with Crippen LogP contribution in [0.1, 0.15) is 9.67 Å². The zero-order valence-electron chi connectivity index (χ0n) is 15.1. The number of thiophene rings is 1. The predicted octanol–water partition coefficient (Wildman–Crippen LogP) is 3.41. The number of nitrogens with zero attached hydrogens (tertiary/aromatic N) is 4. The molecule has 0 radical (unpaired) electrons.